The highest BCUT2D eigenvalue weighted by Gasteiger charge is 2.31. The molecule has 1 N–H and O–H groups in total. The van der Waals surface area contributed by atoms with Crippen LogP contribution in [0.25, 0.3) is 6.08 Å². The number of benzene rings is 1. The summed E-state index contributed by atoms with van der Waals surface area (Å²) in [6.07, 6.45) is 3.33. The van der Waals surface area contributed by atoms with E-state index in [1.165, 1.54) is 16.7 Å². The first-order valence-corrected chi connectivity index (χ1v) is 8.66. The molecule has 1 heterocycles. The second-order valence-corrected chi connectivity index (χ2v) is 6.58. The maximum atomic E-state index is 12.3. The average Bonchev–Trinajstić information content (AvgIpc) is 2.82. The molecule has 25 heavy (non-hydrogen) atoms. The number of thioether (sulfide) groups is 1. The molecule has 6 nitrogen and oxygen atoms in total. The summed E-state index contributed by atoms with van der Waals surface area (Å²) in [5, 5.41) is 8.72. The van der Waals surface area contributed by atoms with E-state index >= 15 is 0 Å². The lowest BCUT2D eigenvalue weighted by molar-refractivity contribution is -0.139. The van der Waals surface area contributed by atoms with Crippen LogP contribution in [0.5, 0.6) is 11.5 Å². The molecular weight excluding hydrogens is 362 g/mol. The summed E-state index contributed by atoms with van der Waals surface area (Å²) in [6.45, 7) is 5.74. The van der Waals surface area contributed by atoms with Crippen LogP contribution in [-0.2, 0) is 9.59 Å². The smallest absolute Gasteiger partial charge is 0.341 e. The summed E-state index contributed by atoms with van der Waals surface area (Å²) in [5.41, 5.74) is 0.727. The normalized spacial score (nSPS) is 15.6. The summed E-state index contributed by atoms with van der Waals surface area (Å²) in [4.78, 5) is 25.0. The molecule has 1 saturated heterocycles. The van der Waals surface area contributed by atoms with Crippen molar-refractivity contribution in [1.82, 2.24) is 4.90 Å². The van der Waals surface area contributed by atoms with Crippen molar-refractivity contribution in [2.45, 2.75) is 6.92 Å². The van der Waals surface area contributed by atoms with Gasteiger partial charge >= 0.3 is 5.97 Å². The minimum absolute atomic E-state index is 0.168. The second-order valence-electron chi connectivity index (χ2n) is 4.90. The molecule has 0 saturated carbocycles. The van der Waals surface area contributed by atoms with Crippen LogP contribution in [0.3, 0.4) is 0 Å². The number of carboxylic acids is 1. The number of carbonyl (C=O) groups is 2. The minimum atomic E-state index is -1.07. The molecule has 1 fully saturated rings. The highest BCUT2D eigenvalue weighted by atomic mass is 32.2. The van der Waals surface area contributed by atoms with E-state index in [4.69, 9.17) is 26.8 Å². The van der Waals surface area contributed by atoms with Gasteiger partial charge in [-0.2, -0.15) is 0 Å². The Bertz CT molecular complexity index is 745. The fourth-order valence-electron chi connectivity index (χ4n) is 2.08. The number of hydrogen-bond donors (Lipinski definition) is 1. The maximum absolute atomic E-state index is 12.3. The van der Waals surface area contributed by atoms with Crippen LogP contribution in [-0.4, -0.2) is 46.0 Å². The zero-order chi connectivity index (χ0) is 18.4. The summed E-state index contributed by atoms with van der Waals surface area (Å²) in [5.74, 6) is -0.490. The fraction of sp³-hybridized carbons (Fsp3) is 0.235. The van der Waals surface area contributed by atoms with Gasteiger partial charge in [0.15, 0.2) is 18.1 Å². The lowest BCUT2D eigenvalue weighted by atomic mass is 10.2. The lowest BCUT2D eigenvalue weighted by Crippen LogP contribution is -2.27. The third-order valence-corrected chi connectivity index (χ3v) is 4.48. The molecule has 0 spiro atoms. The molecule has 1 aromatic carbocycles. The van der Waals surface area contributed by atoms with Crippen LogP contribution in [0.4, 0.5) is 0 Å². The molecule has 0 radical (unpaired) electrons. The van der Waals surface area contributed by atoms with Crippen LogP contribution in [0, 0.1) is 0 Å². The van der Waals surface area contributed by atoms with Crippen molar-refractivity contribution < 1.29 is 24.2 Å². The highest BCUT2D eigenvalue weighted by Crippen LogP contribution is 2.34. The number of carbonyl (C=O) groups excluding carboxylic acids is 1. The zero-order valence-electron chi connectivity index (χ0n) is 13.6. The first-order valence-electron chi connectivity index (χ1n) is 7.44. The number of hydrogen-bond acceptors (Lipinski definition) is 6. The molecule has 8 heteroatoms. The van der Waals surface area contributed by atoms with Crippen molar-refractivity contribution in [1.29, 1.82) is 0 Å². The number of nitrogens with zero attached hydrogens (tertiary/aromatic N) is 1. The van der Waals surface area contributed by atoms with Crippen LogP contribution in [0.2, 0.25) is 0 Å². The van der Waals surface area contributed by atoms with Crippen molar-refractivity contribution in [3.05, 3.63) is 41.3 Å². The van der Waals surface area contributed by atoms with E-state index in [-0.39, 0.29) is 5.91 Å². The quantitative estimate of drug-likeness (QED) is 0.423. The van der Waals surface area contributed by atoms with Gasteiger partial charge in [-0.05, 0) is 30.7 Å². The Morgan fingerprint density at radius 2 is 2.16 bits per heavy atom. The van der Waals surface area contributed by atoms with Gasteiger partial charge in [0.1, 0.15) is 4.32 Å². The molecule has 1 aromatic rings. The third-order valence-electron chi connectivity index (χ3n) is 3.10. The summed E-state index contributed by atoms with van der Waals surface area (Å²) in [7, 11) is 0. The lowest BCUT2D eigenvalue weighted by Gasteiger charge is -2.11. The van der Waals surface area contributed by atoms with Crippen LogP contribution < -0.4 is 9.47 Å². The SMILES string of the molecule is C=CCN1C(=O)/C(=C\c2ccc(OCC(=O)O)c(OCC)c2)SC1=S. The first-order chi connectivity index (χ1) is 12.0. The van der Waals surface area contributed by atoms with E-state index in [0.29, 0.717) is 33.9 Å². The molecule has 2 rings (SSSR count). The molecule has 1 aliphatic rings. The topological polar surface area (TPSA) is 76.1 Å². The van der Waals surface area contributed by atoms with Crippen molar-refractivity contribution in [2.75, 3.05) is 19.8 Å². The summed E-state index contributed by atoms with van der Waals surface area (Å²) < 4.78 is 11.2. The molecule has 1 aliphatic heterocycles. The molecule has 132 valence electrons. The molecule has 0 aliphatic carbocycles. The Hall–Kier alpha value is -2.32. The van der Waals surface area contributed by atoms with Crippen LogP contribution in [0.15, 0.2) is 35.8 Å². The Morgan fingerprint density at radius 3 is 2.80 bits per heavy atom. The molecular formula is C17H17NO5S2. The van der Waals surface area contributed by atoms with Crippen molar-refractivity contribution in [3.8, 4) is 11.5 Å². The van der Waals surface area contributed by atoms with Gasteiger partial charge in [-0.3, -0.25) is 9.69 Å². The number of carboxylic acid groups (broad SMARTS) is 1. The highest BCUT2D eigenvalue weighted by molar-refractivity contribution is 8.26. The van der Waals surface area contributed by atoms with E-state index in [1.807, 2.05) is 6.92 Å². The number of amides is 1. The maximum Gasteiger partial charge on any atom is 0.341 e. The third kappa shape index (κ3) is 4.83. The van der Waals surface area contributed by atoms with Crippen LogP contribution >= 0.6 is 24.0 Å². The van der Waals surface area contributed by atoms with Gasteiger partial charge in [-0.1, -0.05) is 36.1 Å². The fourth-order valence-corrected chi connectivity index (χ4v) is 3.35. The van der Waals surface area contributed by atoms with Crippen molar-refractivity contribution >= 4 is 46.3 Å². The molecule has 0 unspecified atom stereocenters. The second kappa shape index (κ2) is 8.68. The van der Waals surface area contributed by atoms with Gasteiger partial charge in [0.05, 0.1) is 11.5 Å². The predicted octanol–water partition coefficient (Wildman–Crippen LogP) is 2.94. The van der Waals surface area contributed by atoms with E-state index in [0.717, 1.165) is 5.56 Å². The summed E-state index contributed by atoms with van der Waals surface area (Å²) in [6, 6.07) is 5.03. The van der Waals surface area contributed by atoms with Crippen molar-refractivity contribution in [2.24, 2.45) is 0 Å². The molecule has 0 bridgehead atoms. The first kappa shape index (κ1) is 19.0. The number of rotatable bonds is 8. The van der Waals surface area contributed by atoms with E-state index in [9.17, 15) is 9.59 Å². The number of ether oxygens (including phenoxy) is 2. The largest absolute Gasteiger partial charge is 0.490 e. The van der Waals surface area contributed by atoms with Gasteiger partial charge < -0.3 is 14.6 Å². The van der Waals surface area contributed by atoms with Gasteiger partial charge in [0, 0.05) is 6.54 Å². The van der Waals surface area contributed by atoms with Gasteiger partial charge in [0.2, 0.25) is 0 Å². The Balaban J connectivity index is 2.26. The average molecular weight is 379 g/mol. The predicted molar refractivity (Wildman–Crippen MR) is 101 cm³/mol. The summed E-state index contributed by atoms with van der Waals surface area (Å²) >= 11 is 6.43. The number of thiocarbonyl (C=S) groups is 1. The molecule has 1 amide bonds. The zero-order valence-corrected chi connectivity index (χ0v) is 15.2. The Morgan fingerprint density at radius 1 is 1.40 bits per heavy atom. The van der Waals surface area contributed by atoms with Gasteiger partial charge in [0.25, 0.3) is 5.91 Å². The number of aliphatic carboxylic acids is 1. The van der Waals surface area contributed by atoms with E-state index in [2.05, 4.69) is 6.58 Å². The van der Waals surface area contributed by atoms with E-state index in [1.54, 1.807) is 30.4 Å². The van der Waals surface area contributed by atoms with E-state index < -0.39 is 12.6 Å². The Kier molecular flexibility index (Phi) is 6.60. The van der Waals surface area contributed by atoms with Crippen LogP contribution in [0.1, 0.15) is 12.5 Å². The van der Waals surface area contributed by atoms with Gasteiger partial charge in [-0.15, -0.1) is 6.58 Å². The minimum Gasteiger partial charge on any atom is -0.490 e. The molecule has 0 atom stereocenters. The van der Waals surface area contributed by atoms with Crippen molar-refractivity contribution in [3.63, 3.8) is 0 Å². The Labute approximate surface area is 155 Å². The van der Waals surface area contributed by atoms with Gasteiger partial charge in [-0.25, -0.2) is 4.79 Å². The monoisotopic (exact) mass is 379 g/mol. The molecule has 0 aromatic heterocycles. The standard InChI is InChI=1S/C17H17NO5S2/c1-3-7-18-16(21)14(25-17(18)24)9-11-5-6-12(23-10-15(19)20)13(8-11)22-4-2/h3,5-6,8-9H,1,4,7,10H2,2H3,(H,19,20)/b14-9+.